The van der Waals surface area contributed by atoms with Gasteiger partial charge in [0.1, 0.15) is 0 Å². The molecule has 0 spiro atoms. The van der Waals surface area contributed by atoms with Crippen LogP contribution in [-0.2, 0) is 14.3 Å². The number of hydrogen-bond acceptors (Lipinski definition) is 4. The average molecular weight is 368 g/mol. The standard InChI is InChI=1S/C17H15Cl2NO4/c1-10(16(22)20-14-8-12(18)7-13(19)9-14)24-17(23)15(21)11-5-3-2-4-6-11/h2-10,15,21H,1H3,(H,20,22)/t10-,15-/m0/s1. The van der Waals surface area contributed by atoms with Gasteiger partial charge in [-0.3, -0.25) is 4.79 Å². The van der Waals surface area contributed by atoms with E-state index in [4.69, 9.17) is 27.9 Å². The third kappa shape index (κ3) is 4.96. The number of halogens is 2. The number of ether oxygens (including phenoxy) is 1. The zero-order valence-electron chi connectivity index (χ0n) is 12.7. The second-order valence-corrected chi connectivity index (χ2v) is 5.91. The first-order chi connectivity index (χ1) is 11.4. The van der Waals surface area contributed by atoms with Crippen LogP contribution < -0.4 is 5.32 Å². The molecule has 0 fully saturated rings. The summed E-state index contributed by atoms with van der Waals surface area (Å²) in [5.41, 5.74) is 0.765. The van der Waals surface area contributed by atoms with Crippen molar-refractivity contribution in [3.05, 3.63) is 64.1 Å². The summed E-state index contributed by atoms with van der Waals surface area (Å²) in [5.74, 6) is -1.48. The molecule has 24 heavy (non-hydrogen) atoms. The molecule has 7 heteroatoms. The number of anilines is 1. The molecule has 0 bridgehead atoms. The summed E-state index contributed by atoms with van der Waals surface area (Å²) in [6, 6.07) is 12.9. The maximum absolute atomic E-state index is 12.1. The molecule has 0 radical (unpaired) electrons. The number of carbonyl (C=O) groups excluding carboxylic acids is 2. The summed E-state index contributed by atoms with van der Waals surface area (Å²) < 4.78 is 4.99. The SMILES string of the molecule is C[C@H](OC(=O)[C@@H](O)c1ccccc1)C(=O)Nc1cc(Cl)cc(Cl)c1. The van der Waals surface area contributed by atoms with Crippen molar-refractivity contribution in [1.29, 1.82) is 0 Å². The average Bonchev–Trinajstić information content (AvgIpc) is 2.53. The van der Waals surface area contributed by atoms with E-state index in [1.165, 1.54) is 25.1 Å². The minimum absolute atomic E-state index is 0.363. The van der Waals surface area contributed by atoms with Gasteiger partial charge in [-0.05, 0) is 30.7 Å². The van der Waals surface area contributed by atoms with E-state index >= 15 is 0 Å². The van der Waals surface area contributed by atoms with Gasteiger partial charge in [0.15, 0.2) is 12.2 Å². The Morgan fingerprint density at radius 1 is 1.08 bits per heavy atom. The fourth-order valence-corrected chi connectivity index (χ4v) is 2.46. The molecule has 0 aliphatic heterocycles. The molecule has 5 nitrogen and oxygen atoms in total. The number of aliphatic hydroxyl groups excluding tert-OH is 1. The fraction of sp³-hybridized carbons (Fsp3) is 0.176. The molecular formula is C17H15Cl2NO4. The number of benzene rings is 2. The summed E-state index contributed by atoms with van der Waals surface area (Å²) in [6.07, 6.45) is -2.56. The van der Waals surface area contributed by atoms with E-state index in [1.807, 2.05) is 0 Å². The van der Waals surface area contributed by atoms with Gasteiger partial charge < -0.3 is 15.2 Å². The van der Waals surface area contributed by atoms with Crippen LogP contribution in [0.1, 0.15) is 18.6 Å². The molecule has 1 amide bonds. The number of hydrogen-bond donors (Lipinski definition) is 2. The lowest BCUT2D eigenvalue weighted by atomic mass is 10.1. The Kier molecular flexibility index (Phi) is 6.20. The molecule has 2 aromatic carbocycles. The second kappa shape index (κ2) is 8.15. The zero-order valence-corrected chi connectivity index (χ0v) is 14.2. The maximum atomic E-state index is 12.1. The van der Waals surface area contributed by atoms with Crippen LogP contribution in [0.5, 0.6) is 0 Å². The van der Waals surface area contributed by atoms with E-state index in [1.54, 1.807) is 30.3 Å². The smallest absolute Gasteiger partial charge is 0.340 e. The fourth-order valence-electron chi connectivity index (χ4n) is 1.93. The predicted octanol–water partition coefficient (Wildman–Crippen LogP) is 3.60. The van der Waals surface area contributed by atoms with Gasteiger partial charge in [-0.2, -0.15) is 0 Å². The number of aliphatic hydroxyl groups is 1. The van der Waals surface area contributed by atoms with Crippen molar-refractivity contribution < 1.29 is 19.4 Å². The van der Waals surface area contributed by atoms with Crippen LogP contribution in [0.4, 0.5) is 5.69 Å². The molecule has 0 heterocycles. The highest BCUT2D eigenvalue weighted by atomic mass is 35.5. The number of amides is 1. The largest absolute Gasteiger partial charge is 0.450 e. The van der Waals surface area contributed by atoms with Crippen molar-refractivity contribution in [2.45, 2.75) is 19.1 Å². The molecule has 0 unspecified atom stereocenters. The Morgan fingerprint density at radius 2 is 1.67 bits per heavy atom. The van der Waals surface area contributed by atoms with Crippen LogP contribution in [0.25, 0.3) is 0 Å². The first-order valence-electron chi connectivity index (χ1n) is 7.07. The molecule has 126 valence electrons. The number of rotatable bonds is 5. The predicted molar refractivity (Wildman–Crippen MR) is 92.0 cm³/mol. The topological polar surface area (TPSA) is 75.6 Å². The maximum Gasteiger partial charge on any atom is 0.340 e. The highest BCUT2D eigenvalue weighted by Gasteiger charge is 2.24. The Labute approximate surface area is 149 Å². The van der Waals surface area contributed by atoms with Crippen LogP contribution >= 0.6 is 23.2 Å². The van der Waals surface area contributed by atoms with Gasteiger partial charge in [0.05, 0.1) is 0 Å². The summed E-state index contributed by atoms with van der Waals surface area (Å²) in [5, 5.41) is 13.2. The molecular weight excluding hydrogens is 353 g/mol. The molecule has 0 aromatic heterocycles. The molecule has 2 N–H and O–H groups in total. The Balaban J connectivity index is 1.97. The summed E-state index contributed by atoms with van der Waals surface area (Å²) in [4.78, 5) is 24.0. The zero-order chi connectivity index (χ0) is 17.7. The number of esters is 1. The van der Waals surface area contributed by atoms with Crippen molar-refractivity contribution >= 4 is 40.8 Å². The highest BCUT2D eigenvalue weighted by Crippen LogP contribution is 2.23. The lowest BCUT2D eigenvalue weighted by Crippen LogP contribution is -2.31. The normalized spacial score (nSPS) is 13.0. The second-order valence-electron chi connectivity index (χ2n) is 5.04. The monoisotopic (exact) mass is 367 g/mol. The van der Waals surface area contributed by atoms with Crippen LogP contribution in [-0.4, -0.2) is 23.1 Å². The van der Waals surface area contributed by atoms with Gasteiger partial charge >= 0.3 is 5.97 Å². The quantitative estimate of drug-likeness (QED) is 0.791. The third-order valence-electron chi connectivity index (χ3n) is 3.13. The van der Waals surface area contributed by atoms with Gasteiger partial charge in [0, 0.05) is 15.7 Å². The minimum atomic E-state index is -1.46. The van der Waals surface area contributed by atoms with E-state index in [9.17, 15) is 14.7 Å². The molecule has 2 aromatic rings. The van der Waals surface area contributed by atoms with Gasteiger partial charge in [-0.15, -0.1) is 0 Å². The summed E-state index contributed by atoms with van der Waals surface area (Å²) in [7, 11) is 0. The molecule has 0 aliphatic carbocycles. The number of nitrogens with one attached hydrogen (secondary N) is 1. The highest BCUT2D eigenvalue weighted by molar-refractivity contribution is 6.35. The third-order valence-corrected chi connectivity index (χ3v) is 3.57. The Hall–Kier alpha value is -2.08. The van der Waals surface area contributed by atoms with Gasteiger partial charge in [-0.25, -0.2) is 4.79 Å². The Morgan fingerprint density at radius 3 is 2.25 bits per heavy atom. The lowest BCUT2D eigenvalue weighted by Gasteiger charge is -2.16. The first kappa shape index (κ1) is 18.3. The lowest BCUT2D eigenvalue weighted by molar-refractivity contribution is -0.162. The van der Waals surface area contributed by atoms with Crippen LogP contribution in [0, 0.1) is 0 Å². The molecule has 0 saturated carbocycles. The van der Waals surface area contributed by atoms with Gasteiger partial charge in [0.25, 0.3) is 5.91 Å². The van der Waals surface area contributed by atoms with E-state index in [2.05, 4.69) is 5.32 Å². The molecule has 0 aliphatic rings. The van der Waals surface area contributed by atoms with Crippen molar-refractivity contribution in [1.82, 2.24) is 0 Å². The van der Waals surface area contributed by atoms with Crippen molar-refractivity contribution in [2.75, 3.05) is 5.32 Å². The van der Waals surface area contributed by atoms with Crippen LogP contribution in [0.2, 0.25) is 10.0 Å². The molecule has 0 saturated heterocycles. The Bertz CT molecular complexity index is 716. The summed E-state index contributed by atoms with van der Waals surface area (Å²) >= 11 is 11.7. The van der Waals surface area contributed by atoms with Crippen molar-refractivity contribution in [3.63, 3.8) is 0 Å². The van der Waals surface area contributed by atoms with Crippen LogP contribution in [0.15, 0.2) is 48.5 Å². The van der Waals surface area contributed by atoms with E-state index in [0.29, 0.717) is 21.3 Å². The van der Waals surface area contributed by atoms with Gasteiger partial charge in [-0.1, -0.05) is 53.5 Å². The van der Waals surface area contributed by atoms with E-state index < -0.39 is 24.1 Å². The van der Waals surface area contributed by atoms with Crippen molar-refractivity contribution in [3.8, 4) is 0 Å². The van der Waals surface area contributed by atoms with Crippen molar-refractivity contribution in [2.24, 2.45) is 0 Å². The number of carbonyl (C=O) groups is 2. The van der Waals surface area contributed by atoms with E-state index in [0.717, 1.165) is 0 Å². The van der Waals surface area contributed by atoms with E-state index in [-0.39, 0.29) is 0 Å². The summed E-state index contributed by atoms with van der Waals surface area (Å²) in [6.45, 7) is 1.40. The van der Waals surface area contributed by atoms with Crippen LogP contribution in [0.3, 0.4) is 0 Å². The molecule has 2 rings (SSSR count). The first-order valence-corrected chi connectivity index (χ1v) is 7.83. The molecule has 2 atom stereocenters. The minimum Gasteiger partial charge on any atom is -0.450 e. The van der Waals surface area contributed by atoms with Gasteiger partial charge in [0.2, 0.25) is 0 Å².